The molecule has 29 heavy (non-hydrogen) atoms. The molecule has 1 saturated heterocycles. The van der Waals surface area contributed by atoms with Crippen molar-refractivity contribution in [2.24, 2.45) is 5.41 Å². The standard InChI is InChI=1S/C23H25ClO5/c1-23(2,22-27-12-13-28-22)15-29-20-9-6-18(14-17(20)10-11-26-3)21(25)16-4-7-19(24)8-5-16/h4-11,14,22H,12-13,15H2,1-3H3/b11-10+. The molecular weight excluding hydrogens is 392 g/mol. The molecule has 1 heterocycles. The van der Waals surface area contributed by atoms with E-state index < -0.39 is 0 Å². The Balaban J connectivity index is 1.81. The zero-order chi connectivity index (χ0) is 20.9. The third kappa shape index (κ3) is 5.38. The Morgan fingerprint density at radius 1 is 1.14 bits per heavy atom. The third-order valence-electron chi connectivity index (χ3n) is 4.62. The Morgan fingerprint density at radius 2 is 1.79 bits per heavy atom. The van der Waals surface area contributed by atoms with Crippen molar-refractivity contribution in [3.8, 4) is 5.75 Å². The highest BCUT2D eigenvalue weighted by Gasteiger charge is 2.35. The van der Waals surface area contributed by atoms with Crippen molar-refractivity contribution in [3.63, 3.8) is 0 Å². The number of carbonyl (C=O) groups excluding carboxylic acids is 1. The molecule has 0 spiro atoms. The van der Waals surface area contributed by atoms with Crippen LogP contribution in [0.4, 0.5) is 0 Å². The summed E-state index contributed by atoms with van der Waals surface area (Å²) in [7, 11) is 1.57. The minimum Gasteiger partial charge on any atom is -0.504 e. The number of ether oxygens (including phenoxy) is 4. The normalized spacial score (nSPS) is 15.0. The van der Waals surface area contributed by atoms with Crippen LogP contribution < -0.4 is 4.74 Å². The molecule has 1 aliphatic rings. The highest BCUT2D eigenvalue weighted by Crippen LogP contribution is 2.30. The van der Waals surface area contributed by atoms with Gasteiger partial charge in [-0.2, -0.15) is 0 Å². The van der Waals surface area contributed by atoms with Crippen LogP contribution in [0.5, 0.6) is 5.75 Å². The zero-order valence-electron chi connectivity index (χ0n) is 16.8. The zero-order valence-corrected chi connectivity index (χ0v) is 17.6. The average molecular weight is 417 g/mol. The molecule has 2 aromatic rings. The average Bonchev–Trinajstić information content (AvgIpc) is 3.27. The number of ketones is 1. The molecule has 0 bridgehead atoms. The highest BCUT2D eigenvalue weighted by atomic mass is 35.5. The van der Waals surface area contributed by atoms with E-state index in [1.165, 1.54) is 0 Å². The van der Waals surface area contributed by atoms with Crippen molar-refractivity contribution >= 4 is 23.5 Å². The van der Waals surface area contributed by atoms with Gasteiger partial charge < -0.3 is 18.9 Å². The van der Waals surface area contributed by atoms with Gasteiger partial charge in [0.25, 0.3) is 0 Å². The van der Waals surface area contributed by atoms with Gasteiger partial charge in [-0.1, -0.05) is 25.4 Å². The molecule has 1 fully saturated rings. The van der Waals surface area contributed by atoms with E-state index in [-0.39, 0.29) is 17.5 Å². The van der Waals surface area contributed by atoms with E-state index in [2.05, 4.69) is 0 Å². The summed E-state index contributed by atoms with van der Waals surface area (Å²) in [4.78, 5) is 12.8. The molecule has 1 aliphatic heterocycles. The second-order valence-corrected chi connectivity index (χ2v) is 7.91. The Morgan fingerprint density at radius 3 is 2.45 bits per heavy atom. The molecule has 6 heteroatoms. The number of methoxy groups -OCH3 is 1. The Labute approximate surface area is 176 Å². The molecule has 2 aromatic carbocycles. The van der Waals surface area contributed by atoms with Gasteiger partial charge >= 0.3 is 0 Å². The van der Waals surface area contributed by atoms with Crippen LogP contribution >= 0.6 is 11.6 Å². The van der Waals surface area contributed by atoms with Crippen LogP contribution in [0.3, 0.4) is 0 Å². The van der Waals surface area contributed by atoms with E-state index in [4.69, 9.17) is 30.5 Å². The first-order valence-electron chi connectivity index (χ1n) is 9.40. The summed E-state index contributed by atoms with van der Waals surface area (Å²) in [6.07, 6.45) is 3.02. The number of rotatable bonds is 8. The van der Waals surface area contributed by atoms with E-state index in [0.29, 0.717) is 41.7 Å². The Bertz CT molecular complexity index is 867. The van der Waals surface area contributed by atoms with Crippen LogP contribution in [0, 0.1) is 5.41 Å². The van der Waals surface area contributed by atoms with Crippen LogP contribution in [-0.4, -0.2) is 39.0 Å². The van der Waals surface area contributed by atoms with Crippen LogP contribution in [0.15, 0.2) is 48.7 Å². The lowest BCUT2D eigenvalue weighted by molar-refractivity contribution is -0.131. The predicted octanol–water partition coefficient (Wildman–Crippen LogP) is 4.97. The molecule has 5 nitrogen and oxygen atoms in total. The largest absolute Gasteiger partial charge is 0.504 e. The van der Waals surface area contributed by atoms with E-state index in [0.717, 1.165) is 5.56 Å². The van der Waals surface area contributed by atoms with Gasteiger partial charge in [-0.3, -0.25) is 4.79 Å². The molecule has 154 valence electrons. The number of hydrogen-bond acceptors (Lipinski definition) is 5. The molecular formula is C23H25ClO5. The van der Waals surface area contributed by atoms with Gasteiger partial charge in [-0.15, -0.1) is 0 Å². The maximum absolute atomic E-state index is 12.8. The fourth-order valence-electron chi connectivity index (χ4n) is 3.00. The van der Waals surface area contributed by atoms with Gasteiger partial charge in [-0.05, 0) is 48.5 Å². The smallest absolute Gasteiger partial charge is 0.193 e. The maximum Gasteiger partial charge on any atom is 0.193 e. The van der Waals surface area contributed by atoms with E-state index in [1.807, 2.05) is 13.8 Å². The minimum absolute atomic E-state index is 0.0895. The Kier molecular flexibility index (Phi) is 6.96. The first-order chi connectivity index (χ1) is 13.9. The van der Waals surface area contributed by atoms with Crippen LogP contribution in [-0.2, 0) is 14.2 Å². The highest BCUT2D eigenvalue weighted by molar-refractivity contribution is 6.30. The first-order valence-corrected chi connectivity index (χ1v) is 9.78. The lowest BCUT2D eigenvalue weighted by atomic mass is 9.94. The summed E-state index contributed by atoms with van der Waals surface area (Å²) >= 11 is 5.92. The van der Waals surface area contributed by atoms with Crippen LogP contribution in [0.25, 0.3) is 6.08 Å². The maximum atomic E-state index is 12.8. The van der Waals surface area contributed by atoms with E-state index in [9.17, 15) is 4.79 Å². The SMILES string of the molecule is CO/C=C/c1cc(C(=O)c2ccc(Cl)cc2)ccc1OCC(C)(C)C1OCCO1. The van der Waals surface area contributed by atoms with E-state index >= 15 is 0 Å². The summed E-state index contributed by atoms with van der Waals surface area (Å²) in [5.41, 5.74) is 1.55. The van der Waals surface area contributed by atoms with Crippen molar-refractivity contribution in [1.82, 2.24) is 0 Å². The summed E-state index contributed by atoms with van der Waals surface area (Å²) in [5.74, 6) is 0.561. The number of benzene rings is 2. The van der Waals surface area contributed by atoms with Gasteiger partial charge in [0.2, 0.25) is 0 Å². The molecule has 0 radical (unpaired) electrons. The molecule has 0 atom stereocenters. The quantitative estimate of drug-likeness (QED) is 0.449. The monoisotopic (exact) mass is 416 g/mol. The predicted molar refractivity (Wildman–Crippen MR) is 112 cm³/mol. The first kappa shape index (κ1) is 21.4. The van der Waals surface area contributed by atoms with Crippen molar-refractivity contribution < 1.29 is 23.7 Å². The summed E-state index contributed by atoms with van der Waals surface area (Å²) in [6, 6.07) is 12.2. The molecule has 0 amide bonds. The number of hydrogen-bond donors (Lipinski definition) is 0. The molecule has 0 aliphatic carbocycles. The van der Waals surface area contributed by atoms with Crippen LogP contribution in [0.1, 0.15) is 35.3 Å². The van der Waals surface area contributed by atoms with Crippen LogP contribution in [0.2, 0.25) is 5.02 Å². The molecule has 0 unspecified atom stereocenters. The lowest BCUT2D eigenvalue weighted by Gasteiger charge is -2.29. The summed E-state index contributed by atoms with van der Waals surface area (Å²) in [5, 5.41) is 0.590. The van der Waals surface area contributed by atoms with Gasteiger partial charge in [0.05, 0.1) is 33.2 Å². The van der Waals surface area contributed by atoms with Crippen molar-refractivity contribution in [1.29, 1.82) is 0 Å². The van der Waals surface area contributed by atoms with Crippen molar-refractivity contribution in [3.05, 3.63) is 70.4 Å². The second-order valence-electron chi connectivity index (χ2n) is 7.48. The lowest BCUT2D eigenvalue weighted by Crippen LogP contribution is -2.36. The fourth-order valence-corrected chi connectivity index (χ4v) is 3.13. The molecule has 3 rings (SSSR count). The van der Waals surface area contributed by atoms with Crippen molar-refractivity contribution in [2.45, 2.75) is 20.1 Å². The Hall–Kier alpha value is -2.34. The fraction of sp³-hybridized carbons (Fsp3) is 0.348. The minimum atomic E-state index is -0.323. The summed E-state index contributed by atoms with van der Waals surface area (Å²) < 4.78 is 22.4. The molecule has 0 N–H and O–H groups in total. The van der Waals surface area contributed by atoms with Gasteiger partial charge in [0.1, 0.15) is 5.75 Å². The molecule has 0 saturated carbocycles. The number of carbonyl (C=O) groups is 1. The topological polar surface area (TPSA) is 54.0 Å². The van der Waals surface area contributed by atoms with Gasteiger partial charge in [0.15, 0.2) is 12.1 Å². The summed E-state index contributed by atoms with van der Waals surface area (Å²) in [6.45, 7) is 5.66. The van der Waals surface area contributed by atoms with Gasteiger partial charge in [-0.25, -0.2) is 0 Å². The van der Waals surface area contributed by atoms with Crippen molar-refractivity contribution in [2.75, 3.05) is 26.9 Å². The van der Waals surface area contributed by atoms with E-state index in [1.54, 1.807) is 61.9 Å². The number of halogens is 1. The third-order valence-corrected chi connectivity index (χ3v) is 4.87. The second kappa shape index (κ2) is 9.44. The van der Waals surface area contributed by atoms with Gasteiger partial charge in [0, 0.05) is 27.1 Å². The molecule has 0 aromatic heterocycles.